The van der Waals surface area contributed by atoms with E-state index < -0.39 is 11.6 Å². The molecule has 0 aliphatic heterocycles. The lowest BCUT2D eigenvalue weighted by Gasteiger charge is -2.24. The van der Waals surface area contributed by atoms with Crippen molar-refractivity contribution in [2.45, 2.75) is 31.7 Å². The topological polar surface area (TPSA) is 65.4 Å². The Morgan fingerprint density at radius 2 is 1.97 bits per heavy atom. The van der Waals surface area contributed by atoms with Gasteiger partial charge < -0.3 is 14.8 Å². The molecule has 2 aromatic carbocycles. The van der Waals surface area contributed by atoms with Gasteiger partial charge >= 0.3 is 0 Å². The minimum absolute atomic E-state index is 0.134. The van der Waals surface area contributed by atoms with Gasteiger partial charge in [0.1, 0.15) is 11.5 Å². The van der Waals surface area contributed by atoms with E-state index in [9.17, 15) is 13.6 Å². The van der Waals surface area contributed by atoms with Crippen LogP contribution in [-0.4, -0.2) is 29.9 Å². The summed E-state index contributed by atoms with van der Waals surface area (Å²) in [5, 5.41) is 7.37. The second-order valence-electron chi connectivity index (χ2n) is 7.43. The normalized spacial score (nSPS) is 15.3. The van der Waals surface area contributed by atoms with Gasteiger partial charge in [0.05, 0.1) is 32.9 Å². The van der Waals surface area contributed by atoms with Crippen LogP contribution in [0.25, 0.3) is 5.69 Å². The SMILES string of the molecule is COc1ccc(CC(=O)NC2CCCc3c2cnn3-c2ccc(F)cc2F)cc1OC. The van der Waals surface area contributed by atoms with Gasteiger partial charge in [-0.2, -0.15) is 5.10 Å². The molecule has 31 heavy (non-hydrogen) atoms. The van der Waals surface area contributed by atoms with E-state index in [0.717, 1.165) is 35.7 Å². The highest BCUT2D eigenvalue weighted by atomic mass is 19.1. The molecular weight excluding hydrogens is 404 g/mol. The Hall–Kier alpha value is -3.42. The number of ether oxygens (including phenoxy) is 2. The molecule has 3 aromatic rings. The predicted molar refractivity (Wildman–Crippen MR) is 111 cm³/mol. The molecule has 1 amide bonds. The van der Waals surface area contributed by atoms with Crippen LogP contribution >= 0.6 is 0 Å². The zero-order valence-electron chi connectivity index (χ0n) is 17.3. The van der Waals surface area contributed by atoms with Gasteiger partial charge in [-0.3, -0.25) is 4.79 Å². The van der Waals surface area contributed by atoms with E-state index in [0.29, 0.717) is 17.9 Å². The highest BCUT2D eigenvalue weighted by Gasteiger charge is 2.27. The zero-order chi connectivity index (χ0) is 22.0. The van der Waals surface area contributed by atoms with Crippen LogP contribution in [0.15, 0.2) is 42.6 Å². The maximum atomic E-state index is 14.3. The maximum Gasteiger partial charge on any atom is 0.224 e. The van der Waals surface area contributed by atoms with Crippen LogP contribution in [0.1, 0.15) is 35.7 Å². The minimum atomic E-state index is -0.675. The van der Waals surface area contributed by atoms with Crippen molar-refractivity contribution in [1.82, 2.24) is 15.1 Å². The number of halogens is 2. The lowest BCUT2D eigenvalue weighted by molar-refractivity contribution is -0.121. The molecule has 6 nitrogen and oxygen atoms in total. The smallest absolute Gasteiger partial charge is 0.224 e. The Balaban J connectivity index is 1.51. The van der Waals surface area contributed by atoms with Crippen LogP contribution in [0.3, 0.4) is 0 Å². The van der Waals surface area contributed by atoms with E-state index in [1.807, 2.05) is 6.07 Å². The number of nitrogens with one attached hydrogen (secondary N) is 1. The summed E-state index contributed by atoms with van der Waals surface area (Å²) in [7, 11) is 3.11. The van der Waals surface area contributed by atoms with Gasteiger partial charge in [-0.05, 0) is 49.1 Å². The zero-order valence-corrected chi connectivity index (χ0v) is 17.3. The number of carbonyl (C=O) groups is 1. The molecule has 1 atom stereocenters. The van der Waals surface area contributed by atoms with Crippen molar-refractivity contribution >= 4 is 5.91 Å². The van der Waals surface area contributed by atoms with Crippen LogP contribution in [0.4, 0.5) is 8.78 Å². The monoisotopic (exact) mass is 427 g/mol. The third-order valence-corrected chi connectivity index (χ3v) is 5.47. The second kappa shape index (κ2) is 8.75. The number of carbonyl (C=O) groups excluding carboxylic acids is 1. The fourth-order valence-electron chi connectivity index (χ4n) is 3.99. The van der Waals surface area contributed by atoms with Crippen molar-refractivity contribution in [2.24, 2.45) is 0 Å². The maximum absolute atomic E-state index is 14.3. The molecule has 1 aromatic heterocycles. The van der Waals surface area contributed by atoms with E-state index >= 15 is 0 Å². The van der Waals surface area contributed by atoms with E-state index in [4.69, 9.17) is 9.47 Å². The van der Waals surface area contributed by atoms with Gasteiger partial charge in [-0.15, -0.1) is 0 Å². The van der Waals surface area contributed by atoms with E-state index in [2.05, 4.69) is 10.4 Å². The summed E-state index contributed by atoms with van der Waals surface area (Å²) >= 11 is 0. The molecule has 0 radical (unpaired) electrons. The van der Waals surface area contributed by atoms with Crippen molar-refractivity contribution < 1.29 is 23.0 Å². The molecule has 1 unspecified atom stereocenters. The fraction of sp³-hybridized carbons (Fsp3) is 0.304. The quantitative estimate of drug-likeness (QED) is 0.648. The molecule has 1 aliphatic carbocycles. The fourth-order valence-corrected chi connectivity index (χ4v) is 3.99. The summed E-state index contributed by atoms with van der Waals surface area (Å²) in [6.07, 6.45) is 4.13. The lowest BCUT2D eigenvalue weighted by Crippen LogP contribution is -2.32. The Bertz CT molecular complexity index is 1110. The number of hydrogen-bond acceptors (Lipinski definition) is 4. The van der Waals surface area contributed by atoms with Crippen LogP contribution in [0.2, 0.25) is 0 Å². The van der Waals surface area contributed by atoms with Crippen molar-refractivity contribution in [3.8, 4) is 17.2 Å². The summed E-state index contributed by atoms with van der Waals surface area (Å²) in [5.41, 5.74) is 2.68. The highest BCUT2D eigenvalue weighted by Crippen LogP contribution is 2.32. The van der Waals surface area contributed by atoms with Crippen molar-refractivity contribution in [3.05, 3.63) is 71.1 Å². The molecule has 1 N–H and O–H groups in total. The van der Waals surface area contributed by atoms with Gasteiger partial charge in [-0.25, -0.2) is 13.5 Å². The Morgan fingerprint density at radius 1 is 1.16 bits per heavy atom. The van der Waals surface area contributed by atoms with Crippen LogP contribution in [-0.2, 0) is 17.6 Å². The summed E-state index contributed by atoms with van der Waals surface area (Å²) in [6, 6.07) is 8.57. The molecule has 0 saturated heterocycles. The molecule has 1 aliphatic rings. The summed E-state index contributed by atoms with van der Waals surface area (Å²) < 4.78 is 39.5. The number of hydrogen-bond donors (Lipinski definition) is 1. The van der Waals surface area contributed by atoms with Gasteiger partial charge in [-0.1, -0.05) is 6.07 Å². The molecule has 1 heterocycles. The standard InChI is InChI=1S/C23H23F2N3O3/c1-30-21-9-6-14(10-22(21)31-2)11-23(29)27-18-4-3-5-19-16(18)13-26-28(19)20-8-7-15(24)12-17(20)25/h6-10,12-13,18H,3-5,11H2,1-2H3,(H,27,29). The van der Waals surface area contributed by atoms with E-state index in [1.54, 1.807) is 32.5 Å². The number of amides is 1. The first-order valence-corrected chi connectivity index (χ1v) is 10.0. The molecule has 162 valence electrons. The van der Waals surface area contributed by atoms with Gasteiger partial charge in [0.15, 0.2) is 17.3 Å². The molecule has 0 fully saturated rings. The molecular formula is C23H23F2N3O3. The Morgan fingerprint density at radius 3 is 2.71 bits per heavy atom. The van der Waals surface area contributed by atoms with Crippen molar-refractivity contribution in [1.29, 1.82) is 0 Å². The second-order valence-corrected chi connectivity index (χ2v) is 7.43. The average molecular weight is 427 g/mol. The van der Waals surface area contributed by atoms with E-state index in [-0.39, 0.29) is 24.1 Å². The van der Waals surface area contributed by atoms with Crippen LogP contribution in [0.5, 0.6) is 11.5 Å². The first-order valence-electron chi connectivity index (χ1n) is 10.0. The Kier molecular flexibility index (Phi) is 5.88. The average Bonchev–Trinajstić information content (AvgIpc) is 3.18. The summed E-state index contributed by atoms with van der Waals surface area (Å²) in [5.74, 6) is -0.279. The van der Waals surface area contributed by atoms with Gasteiger partial charge in [0.2, 0.25) is 5.91 Å². The lowest BCUT2D eigenvalue weighted by atomic mass is 9.92. The summed E-state index contributed by atoms with van der Waals surface area (Å²) in [6.45, 7) is 0. The molecule has 0 bridgehead atoms. The first kappa shape index (κ1) is 20.8. The van der Waals surface area contributed by atoms with Crippen molar-refractivity contribution in [2.75, 3.05) is 14.2 Å². The number of fused-ring (bicyclic) bond motifs is 1. The number of aromatic nitrogens is 2. The highest BCUT2D eigenvalue weighted by molar-refractivity contribution is 5.79. The Labute approximate surface area is 178 Å². The molecule has 0 spiro atoms. The first-order chi connectivity index (χ1) is 15.0. The van der Waals surface area contributed by atoms with Gasteiger partial charge in [0, 0.05) is 17.3 Å². The largest absolute Gasteiger partial charge is 0.493 e. The number of methoxy groups -OCH3 is 2. The summed E-state index contributed by atoms with van der Waals surface area (Å²) in [4.78, 5) is 12.7. The third kappa shape index (κ3) is 4.23. The van der Waals surface area contributed by atoms with Crippen LogP contribution in [0, 0.1) is 11.6 Å². The van der Waals surface area contributed by atoms with Gasteiger partial charge in [0.25, 0.3) is 0 Å². The molecule has 8 heteroatoms. The van der Waals surface area contributed by atoms with E-state index in [1.165, 1.54) is 16.8 Å². The van der Waals surface area contributed by atoms with Crippen LogP contribution < -0.4 is 14.8 Å². The third-order valence-electron chi connectivity index (χ3n) is 5.47. The number of benzene rings is 2. The predicted octanol–water partition coefficient (Wildman–Crippen LogP) is 3.90. The number of nitrogens with zero attached hydrogens (tertiary/aromatic N) is 2. The molecule has 0 saturated carbocycles. The van der Waals surface area contributed by atoms with Crippen molar-refractivity contribution in [3.63, 3.8) is 0 Å². The minimum Gasteiger partial charge on any atom is -0.493 e. The molecule has 4 rings (SSSR count). The number of rotatable bonds is 6.